The van der Waals surface area contributed by atoms with Crippen molar-refractivity contribution in [1.82, 2.24) is 0 Å². The van der Waals surface area contributed by atoms with E-state index >= 15 is 0 Å². The van der Waals surface area contributed by atoms with Crippen molar-refractivity contribution >= 4 is 32.6 Å². The number of hydrogen-bond donors (Lipinski definition) is 0. The van der Waals surface area contributed by atoms with Crippen molar-refractivity contribution in [3.8, 4) is 0 Å². The van der Waals surface area contributed by atoms with Crippen molar-refractivity contribution in [1.29, 1.82) is 0 Å². The molecule has 4 aromatic carbocycles. The summed E-state index contributed by atoms with van der Waals surface area (Å²) in [5.74, 6) is 4.95. The summed E-state index contributed by atoms with van der Waals surface area (Å²) in [5.41, 5.74) is 14.6. The van der Waals surface area contributed by atoms with E-state index in [2.05, 4.69) is 152 Å². The largest absolute Gasteiger partial charge is 0.0807 e. The third-order valence-corrected chi connectivity index (χ3v) is 15.1. The molecule has 0 bridgehead atoms. The van der Waals surface area contributed by atoms with E-state index in [9.17, 15) is 0 Å². The van der Waals surface area contributed by atoms with Crippen LogP contribution < -0.4 is 0 Å². The molecule has 3 fully saturated rings. The Hall–Kier alpha value is -3.42. The minimum atomic E-state index is 0.864. The Labute approximate surface area is 361 Å². The molecule has 0 aliphatic heterocycles. The highest BCUT2D eigenvalue weighted by Crippen LogP contribution is 2.43. The first-order chi connectivity index (χ1) is 28.4. The molecule has 0 saturated heterocycles. The normalized spacial score (nSPS) is 22.0. The second-order valence-electron chi connectivity index (χ2n) is 18.7. The highest BCUT2D eigenvalue weighted by atomic mass is 79.9. The fraction of sp³-hybridized carbons (Fsp3) is 0.474. The molecule has 2 unspecified atom stereocenters. The lowest BCUT2D eigenvalue weighted by Gasteiger charge is -2.35. The Morgan fingerprint density at radius 3 is 1.12 bits per heavy atom. The van der Waals surface area contributed by atoms with Gasteiger partial charge in [0, 0.05) is 4.47 Å². The summed E-state index contributed by atoms with van der Waals surface area (Å²) in [5, 5.41) is 0. The number of hydrogen-bond acceptors (Lipinski definition) is 0. The van der Waals surface area contributed by atoms with Gasteiger partial charge in [0.2, 0.25) is 0 Å². The van der Waals surface area contributed by atoms with E-state index in [1.54, 1.807) is 11.1 Å². The van der Waals surface area contributed by atoms with Crippen LogP contribution in [0.25, 0.3) is 16.7 Å². The monoisotopic (exact) mass is 834 g/mol. The minimum absolute atomic E-state index is 0.864. The SMILES string of the molecule is Brc1ccc(C2CCC2)cc1.Cc1ccc(C2=CCC(C3CCC3)CC2)cc1.Cc1ccc(C2=CCC(C3CCCC3)CC2)cc1.Cc1ccc(C2=CCCC2)cc1. The van der Waals surface area contributed by atoms with Gasteiger partial charge in [0.15, 0.2) is 0 Å². The predicted octanol–water partition coefficient (Wildman–Crippen LogP) is 17.6. The lowest BCUT2D eigenvalue weighted by molar-refractivity contribution is 0.195. The van der Waals surface area contributed by atoms with Crippen molar-refractivity contribution in [3.05, 3.63) is 159 Å². The van der Waals surface area contributed by atoms with Gasteiger partial charge in [0.1, 0.15) is 0 Å². The fourth-order valence-electron chi connectivity index (χ4n) is 10.1. The first-order valence-corrected chi connectivity index (χ1v) is 24.2. The minimum Gasteiger partial charge on any atom is -0.0807 e. The van der Waals surface area contributed by atoms with Crippen molar-refractivity contribution in [2.75, 3.05) is 0 Å². The molecule has 6 aliphatic rings. The van der Waals surface area contributed by atoms with Gasteiger partial charge in [0.05, 0.1) is 0 Å². The second kappa shape index (κ2) is 21.7. The molecule has 0 aromatic heterocycles. The summed E-state index contributed by atoms with van der Waals surface area (Å²) in [4.78, 5) is 0. The maximum atomic E-state index is 3.43. The van der Waals surface area contributed by atoms with Crippen LogP contribution in [0.4, 0.5) is 0 Å². The molecule has 4 aromatic rings. The quantitative estimate of drug-likeness (QED) is 0.182. The maximum Gasteiger partial charge on any atom is 0.0175 e. The molecule has 0 heterocycles. The van der Waals surface area contributed by atoms with Gasteiger partial charge in [0.25, 0.3) is 0 Å². The average molecular weight is 836 g/mol. The van der Waals surface area contributed by atoms with Crippen molar-refractivity contribution in [2.45, 2.75) is 149 Å². The van der Waals surface area contributed by atoms with E-state index in [-0.39, 0.29) is 0 Å². The zero-order chi connectivity index (χ0) is 40.1. The third-order valence-electron chi connectivity index (χ3n) is 14.5. The number of allylic oxidation sites excluding steroid dienone is 6. The average Bonchev–Trinajstić information content (AvgIpc) is 3.96. The highest BCUT2D eigenvalue weighted by Gasteiger charge is 2.29. The van der Waals surface area contributed by atoms with Crippen LogP contribution in [0.1, 0.15) is 167 Å². The molecule has 0 radical (unpaired) electrons. The molecular weight excluding hydrogens is 765 g/mol. The van der Waals surface area contributed by atoms with E-state index in [1.807, 2.05) is 0 Å². The van der Waals surface area contributed by atoms with Crippen LogP contribution in [-0.4, -0.2) is 0 Å². The molecule has 306 valence electrons. The summed E-state index contributed by atoms with van der Waals surface area (Å²) in [7, 11) is 0. The van der Waals surface area contributed by atoms with Crippen LogP contribution in [0, 0.1) is 44.4 Å². The van der Waals surface area contributed by atoms with Crippen molar-refractivity contribution in [2.24, 2.45) is 23.7 Å². The topological polar surface area (TPSA) is 0 Å². The van der Waals surface area contributed by atoms with Crippen LogP contribution >= 0.6 is 15.9 Å². The van der Waals surface area contributed by atoms with E-state index < -0.39 is 0 Å². The predicted molar refractivity (Wildman–Crippen MR) is 256 cm³/mol. The Bertz CT molecular complexity index is 1920. The Balaban J connectivity index is 0.000000120. The van der Waals surface area contributed by atoms with Crippen LogP contribution in [0.2, 0.25) is 0 Å². The van der Waals surface area contributed by atoms with Gasteiger partial charge in [-0.05, 0) is 172 Å². The van der Waals surface area contributed by atoms with Crippen molar-refractivity contribution < 1.29 is 0 Å². The number of benzene rings is 4. The van der Waals surface area contributed by atoms with Gasteiger partial charge in [-0.1, -0.05) is 187 Å². The molecule has 10 rings (SSSR count). The molecule has 58 heavy (non-hydrogen) atoms. The first kappa shape index (κ1) is 42.7. The molecular formula is C57H71Br. The van der Waals surface area contributed by atoms with Gasteiger partial charge in [-0.15, -0.1) is 0 Å². The standard InChI is InChI=1S/C18H24.C17H22.C12H14.C10H11Br/c1-14-6-8-16(9-7-14)18-12-10-17(11-13-18)15-4-2-3-5-15;1-13-5-7-15(8-6-13)17-11-9-16(10-12-17)14-3-2-4-14;1-10-6-8-12(9-7-10)11-4-2-3-5-11;11-10-6-4-9(5-7-10)8-2-1-3-8/h6-9,12,15,17H,2-5,10-11,13H2,1H3;5-8,11,14,16H,2-4,9-10,12H2,1H3;4,6-9H,2-3,5H2,1H3;4-8H,1-3H2. The summed E-state index contributed by atoms with van der Waals surface area (Å²) >= 11 is 3.43. The first-order valence-electron chi connectivity index (χ1n) is 23.4. The van der Waals surface area contributed by atoms with Crippen LogP contribution in [0.3, 0.4) is 0 Å². The van der Waals surface area contributed by atoms with Gasteiger partial charge in [-0.2, -0.15) is 0 Å². The fourth-order valence-corrected chi connectivity index (χ4v) is 10.4. The lowest BCUT2D eigenvalue weighted by atomic mass is 9.70. The van der Waals surface area contributed by atoms with Crippen LogP contribution in [-0.2, 0) is 0 Å². The van der Waals surface area contributed by atoms with Gasteiger partial charge in [-0.3, -0.25) is 0 Å². The van der Waals surface area contributed by atoms with Crippen molar-refractivity contribution in [3.63, 3.8) is 0 Å². The summed E-state index contributed by atoms with van der Waals surface area (Å²) < 4.78 is 1.18. The lowest BCUT2D eigenvalue weighted by Crippen LogP contribution is -2.23. The Morgan fingerprint density at radius 1 is 0.379 bits per heavy atom. The number of aryl methyl sites for hydroxylation is 3. The van der Waals surface area contributed by atoms with E-state index in [0.29, 0.717) is 0 Å². The van der Waals surface area contributed by atoms with E-state index in [0.717, 1.165) is 29.6 Å². The zero-order valence-corrected chi connectivity index (χ0v) is 37.8. The Morgan fingerprint density at radius 2 is 0.793 bits per heavy atom. The number of rotatable bonds is 6. The molecule has 0 amide bonds. The zero-order valence-electron chi connectivity index (χ0n) is 36.2. The molecule has 6 aliphatic carbocycles. The molecule has 0 nitrogen and oxygen atoms in total. The summed E-state index contributed by atoms with van der Waals surface area (Å²) in [6.07, 6.45) is 34.0. The van der Waals surface area contributed by atoms with E-state index in [1.165, 1.54) is 171 Å². The molecule has 3 saturated carbocycles. The summed E-state index contributed by atoms with van der Waals surface area (Å²) in [6.45, 7) is 6.45. The van der Waals surface area contributed by atoms with E-state index in [4.69, 9.17) is 0 Å². The number of halogens is 1. The molecule has 0 N–H and O–H groups in total. The van der Waals surface area contributed by atoms with Crippen LogP contribution in [0.5, 0.6) is 0 Å². The van der Waals surface area contributed by atoms with Gasteiger partial charge >= 0.3 is 0 Å². The van der Waals surface area contributed by atoms with Gasteiger partial charge in [-0.25, -0.2) is 0 Å². The molecule has 0 spiro atoms. The third kappa shape index (κ3) is 12.3. The molecule has 1 heteroatoms. The van der Waals surface area contributed by atoms with Gasteiger partial charge < -0.3 is 0 Å². The second-order valence-corrected chi connectivity index (χ2v) is 19.6. The Kier molecular flexibility index (Phi) is 16.0. The maximum absolute atomic E-state index is 3.43. The highest BCUT2D eigenvalue weighted by molar-refractivity contribution is 9.10. The summed E-state index contributed by atoms with van der Waals surface area (Å²) in [6, 6.07) is 35.6. The smallest absolute Gasteiger partial charge is 0.0175 e. The molecule has 2 atom stereocenters. The van der Waals surface area contributed by atoms with Crippen LogP contribution in [0.15, 0.2) is 120 Å².